The minimum absolute atomic E-state index is 0.0731. The number of hydrogen-bond acceptors (Lipinski definition) is 5. The highest BCUT2D eigenvalue weighted by molar-refractivity contribution is 7.73. The molecule has 0 bridgehead atoms. The van der Waals surface area contributed by atoms with Crippen LogP contribution in [0.4, 0.5) is 0 Å². The lowest BCUT2D eigenvalue weighted by Crippen LogP contribution is -2.24. The molecule has 1 aromatic carbocycles. The van der Waals surface area contributed by atoms with Crippen molar-refractivity contribution >= 4 is 29.5 Å². The minimum Gasteiger partial charge on any atom is -0.359 e. The van der Waals surface area contributed by atoms with Crippen molar-refractivity contribution < 1.29 is 9.32 Å². The number of aromatic amines is 1. The SMILES string of the molecule is Cc1[nH]c(=S)sc1CC(=O)NCc1cc(-c2ccccc2)no1. The van der Waals surface area contributed by atoms with Crippen LogP contribution in [0.1, 0.15) is 16.3 Å². The predicted molar refractivity (Wildman–Crippen MR) is 91.7 cm³/mol. The maximum atomic E-state index is 12.0. The van der Waals surface area contributed by atoms with E-state index in [-0.39, 0.29) is 5.91 Å². The first kappa shape index (κ1) is 15.6. The number of amides is 1. The van der Waals surface area contributed by atoms with Gasteiger partial charge in [0.2, 0.25) is 5.91 Å². The van der Waals surface area contributed by atoms with Crippen molar-refractivity contribution in [2.24, 2.45) is 0 Å². The molecule has 0 radical (unpaired) electrons. The summed E-state index contributed by atoms with van der Waals surface area (Å²) >= 11 is 6.50. The van der Waals surface area contributed by atoms with E-state index in [1.165, 1.54) is 11.3 Å². The van der Waals surface area contributed by atoms with Gasteiger partial charge < -0.3 is 14.8 Å². The highest BCUT2D eigenvalue weighted by atomic mass is 32.1. The number of benzene rings is 1. The molecule has 0 spiro atoms. The maximum Gasteiger partial charge on any atom is 0.225 e. The molecule has 0 aliphatic carbocycles. The van der Waals surface area contributed by atoms with E-state index >= 15 is 0 Å². The Hall–Kier alpha value is -2.25. The van der Waals surface area contributed by atoms with Crippen LogP contribution >= 0.6 is 23.6 Å². The van der Waals surface area contributed by atoms with Gasteiger partial charge in [-0.15, -0.1) is 11.3 Å². The lowest BCUT2D eigenvalue weighted by molar-refractivity contribution is -0.120. The number of rotatable bonds is 5. The second-order valence-electron chi connectivity index (χ2n) is 5.06. The number of H-pyrrole nitrogens is 1. The van der Waals surface area contributed by atoms with Gasteiger partial charge in [0, 0.05) is 22.2 Å². The van der Waals surface area contributed by atoms with Crippen LogP contribution in [0.3, 0.4) is 0 Å². The number of nitrogens with one attached hydrogen (secondary N) is 2. The average molecular weight is 345 g/mol. The van der Waals surface area contributed by atoms with Gasteiger partial charge >= 0.3 is 0 Å². The van der Waals surface area contributed by atoms with Crippen molar-refractivity contribution in [2.75, 3.05) is 0 Å². The third-order valence-corrected chi connectivity index (χ3v) is 4.67. The molecule has 118 valence electrons. The lowest BCUT2D eigenvalue weighted by Gasteiger charge is -2.01. The van der Waals surface area contributed by atoms with Gasteiger partial charge in [0.05, 0.1) is 13.0 Å². The molecule has 5 nitrogen and oxygen atoms in total. The molecule has 0 aliphatic rings. The van der Waals surface area contributed by atoms with Gasteiger partial charge in [-0.25, -0.2) is 0 Å². The molecule has 3 rings (SSSR count). The molecule has 7 heteroatoms. The number of thiazole rings is 1. The van der Waals surface area contributed by atoms with Crippen LogP contribution in [0.25, 0.3) is 11.3 Å². The second-order valence-corrected chi connectivity index (χ2v) is 6.83. The Morgan fingerprint density at radius 1 is 1.39 bits per heavy atom. The highest BCUT2D eigenvalue weighted by Crippen LogP contribution is 2.18. The van der Waals surface area contributed by atoms with E-state index in [0.717, 1.165) is 21.8 Å². The fourth-order valence-corrected chi connectivity index (χ4v) is 3.43. The Bertz CT molecular complexity index is 865. The van der Waals surface area contributed by atoms with E-state index in [2.05, 4.69) is 15.5 Å². The first-order valence-corrected chi connectivity index (χ1v) is 8.30. The largest absolute Gasteiger partial charge is 0.359 e. The Labute approximate surface area is 142 Å². The van der Waals surface area contributed by atoms with Crippen molar-refractivity contribution in [3.63, 3.8) is 0 Å². The minimum atomic E-state index is -0.0731. The highest BCUT2D eigenvalue weighted by Gasteiger charge is 2.11. The zero-order valence-corrected chi connectivity index (χ0v) is 14.1. The van der Waals surface area contributed by atoms with E-state index in [9.17, 15) is 4.79 Å². The normalized spacial score (nSPS) is 10.7. The Morgan fingerprint density at radius 3 is 2.87 bits per heavy atom. The van der Waals surface area contributed by atoms with Gasteiger partial charge in [-0.1, -0.05) is 35.5 Å². The predicted octanol–water partition coefficient (Wildman–Crippen LogP) is 3.63. The summed E-state index contributed by atoms with van der Waals surface area (Å²) in [6.07, 6.45) is 0.309. The van der Waals surface area contributed by atoms with Crippen molar-refractivity contribution in [3.8, 4) is 11.3 Å². The first-order valence-electron chi connectivity index (χ1n) is 7.08. The molecule has 0 atom stereocenters. The Balaban J connectivity index is 1.58. The summed E-state index contributed by atoms with van der Waals surface area (Å²) in [5.41, 5.74) is 2.69. The molecule has 0 fully saturated rings. The molecule has 2 heterocycles. The van der Waals surface area contributed by atoms with Crippen LogP contribution in [0.5, 0.6) is 0 Å². The Morgan fingerprint density at radius 2 is 2.17 bits per heavy atom. The van der Waals surface area contributed by atoms with Gasteiger partial charge in [0.1, 0.15) is 5.69 Å². The third-order valence-electron chi connectivity index (χ3n) is 3.33. The van der Waals surface area contributed by atoms with E-state index in [0.29, 0.717) is 22.7 Å². The van der Waals surface area contributed by atoms with Gasteiger partial charge in [-0.2, -0.15) is 0 Å². The van der Waals surface area contributed by atoms with Crippen molar-refractivity contribution in [2.45, 2.75) is 19.9 Å². The summed E-state index contributed by atoms with van der Waals surface area (Å²) in [5.74, 6) is 0.548. The monoisotopic (exact) mass is 345 g/mol. The second kappa shape index (κ2) is 6.89. The number of carbonyl (C=O) groups is 1. The summed E-state index contributed by atoms with van der Waals surface area (Å²) in [7, 11) is 0. The molecule has 23 heavy (non-hydrogen) atoms. The number of hydrogen-bond donors (Lipinski definition) is 2. The number of aryl methyl sites for hydroxylation is 1. The maximum absolute atomic E-state index is 12.0. The molecular formula is C16H15N3O2S2. The van der Waals surface area contributed by atoms with Crippen molar-refractivity contribution in [3.05, 3.63) is 56.7 Å². The zero-order valence-electron chi connectivity index (χ0n) is 12.5. The van der Waals surface area contributed by atoms with E-state index in [1.54, 1.807) is 0 Å². The van der Waals surface area contributed by atoms with Crippen molar-refractivity contribution in [1.29, 1.82) is 0 Å². The molecule has 3 aromatic rings. The molecule has 0 unspecified atom stereocenters. The van der Waals surface area contributed by atoms with Crippen LogP contribution in [-0.2, 0) is 17.8 Å². The quantitative estimate of drug-likeness (QED) is 0.693. The summed E-state index contributed by atoms with van der Waals surface area (Å²) in [6.45, 7) is 2.23. The average Bonchev–Trinajstić information content (AvgIpc) is 3.13. The summed E-state index contributed by atoms with van der Waals surface area (Å²) in [4.78, 5) is 16.0. The van der Waals surface area contributed by atoms with Crippen LogP contribution in [0.2, 0.25) is 0 Å². The number of carbonyl (C=O) groups excluding carboxylic acids is 1. The van der Waals surface area contributed by atoms with Crippen LogP contribution in [0.15, 0.2) is 40.9 Å². The molecule has 0 saturated heterocycles. The van der Waals surface area contributed by atoms with E-state index in [4.69, 9.17) is 16.7 Å². The van der Waals surface area contributed by atoms with Gasteiger partial charge in [-0.05, 0) is 19.1 Å². The summed E-state index contributed by atoms with van der Waals surface area (Å²) in [6, 6.07) is 11.6. The molecule has 0 aliphatic heterocycles. The zero-order chi connectivity index (χ0) is 16.2. The molecule has 2 aromatic heterocycles. The lowest BCUT2D eigenvalue weighted by atomic mass is 10.1. The molecule has 0 saturated carbocycles. The Kier molecular flexibility index (Phi) is 4.68. The third kappa shape index (κ3) is 3.94. The summed E-state index contributed by atoms with van der Waals surface area (Å²) in [5, 5.41) is 6.86. The number of aromatic nitrogens is 2. The molecular weight excluding hydrogens is 330 g/mol. The van der Waals surface area contributed by atoms with Gasteiger partial charge in [0.15, 0.2) is 9.71 Å². The van der Waals surface area contributed by atoms with Gasteiger partial charge in [-0.3, -0.25) is 4.79 Å². The van der Waals surface area contributed by atoms with E-state index < -0.39 is 0 Å². The summed E-state index contributed by atoms with van der Waals surface area (Å²) < 4.78 is 5.95. The van der Waals surface area contributed by atoms with Crippen LogP contribution in [-0.4, -0.2) is 16.0 Å². The molecule has 1 amide bonds. The van der Waals surface area contributed by atoms with Crippen LogP contribution in [0, 0.1) is 10.9 Å². The first-order chi connectivity index (χ1) is 11.1. The fraction of sp³-hybridized carbons (Fsp3) is 0.188. The van der Waals surface area contributed by atoms with E-state index in [1.807, 2.05) is 43.3 Å². The fourth-order valence-electron chi connectivity index (χ4n) is 2.14. The molecule has 2 N–H and O–H groups in total. The topological polar surface area (TPSA) is 70.9 Å². The number of nitrogens with zero attached hydrogens (tertiary/aromatic N) is 1. The van der Waals surface area contributed by atoms with Crippen molar-refractivity contribution in [1.82, 2.24) is 15.5 Å². The van der Waals surface area contributed by atoms with Crippen LogP contribution < -0.4 is 5.32 Å². The van der Waals surface area contributed by atoms with Gasteiger partial charge in [0.25, 0.3) is 0 Å². The standard InChI is InChI=1S/C16H15N3O2S2/c1-10-14(23-16(22)18-10)8-15(20)17-9-12-7-13(19-21-12)11-5-3-2-4-6-11/h2-7H,8-9H2,1H3,(H,17,20)(H,18,22). The smallest absolute Gasteiger partial charge is 0.225 e.